The van der Waals surface area contributed by atoms with Gasteiger partial charge in [0.05, 0.1) is 27.6 Å². The molecule has 0 saturated carbocycles. The van der Waals surface area contributed by atoms with Gasteiger partial charge in [0, 0.05) is 23.0 Å². The zero-order valence-corrected chi connectivity index (χ0v) is 18.6. The second-order valence-electron chi connectivity index (χ2n) is 4.95. The molecule has 3 rings (SSSR count). The number of aromatic nitrogens is 3. The number of aromatic amines is 2. The molecule has 8 heteroatoms. The Bertz CT molecular complexity index is 882. The van der Waals surface area contributed by atoms with Crippen molar-refractivity contribution < 1.29 is 66.2 Å². The van der Waals surface area contributed by atoms with Crippen LogP contribution in [0, 0.1) is 13.8 Å². The minimum Gasteiger partial charge on any atom is -1.00 e. The molecular weight excluding hydrogens is 332 g/mol. The number of para-hydroxylation sites is 2. The summed E-state index contributed by atoms with van der Waals surface area (Å²) in [4.78, 5) is 22.3. The van der Waals surface area contributed by atoms with Crippen LogP contribution in [0.2, 0.25) is 0 Å². The molecule has 0 saturated heterocycles. The van der Waals surface area contributed by atoms with Crippen molar-refractivity contribution in [1.29, 1.82) is 0 Å². The second kappa shape index (κ2) is 8.76. The Balaban J connectivity index is 0. The van der Waals surface area contributed by atoms with Crippen LogP contribution in [-0.2, 0) is 16.6 Å². The number of aryl methyl sites for hydroxylation is 1. The van der Waals surface area contributed by atoms with E-state index in [1.165, 1.54) is 0 Å². The molecule has 23 heavy (non-hydrogen) atoms. The maximum atomic E-state index is 12.4. The second-order valence-corrected chi connectivity index (χ2v) is 6.32. The summed E-state index contributed by atoms with van der Waals surface area (Å²) in [7, 11) is -1.33. The van der Waals surface area contributed by atoms with Gasteiger partial charge in [-0.3, -0.25) is 9.00 Å². The summed E-state index contributed by atoms with van der Waals surface area (Å²) in [5.74, 6) is 0.237. The molecule has 0 amide bonds. The number of rotatable bonds is 3. The van der Waals surface area contributed by atoms with Gasteiger partial charge in [0.25, 0.3) is 0 Å². The van der Waals surface area contributed by atoms with Crippen LogP contribution >= 0.6 is 0 Å². The molecule has 0 radical (unpaired) electrons. The number of pyridine rings is 1. The summed E-state index contributed by atoms with van der Waals surface area (Å²) in [5.41, 5.74) is 3.59. The number of benzene rings is 1. The zero-order valence-electron chi connectivity index (χ0n) is 15.8. The first-order valence-corrected chi connectivity index (χ1v) is 7.89. The quantitative estimate of drug-likeness (QED) is 0.480. The van der Waals surface area contributed by atoms with E-state index in [1.54, 1.807) is 20.0 Å². The number of hydrogen-bond donors (Lipinski definition) is 2. The number of hydrogen-bond acceptors (Lipinski definition) is 3. The van der Waals surface area contributed by atoms with Gasteiger partial charge in [0.15, 0.2) is 10.6 Å². The molecule has 1 unspecified atom stereocenters. The van der Waals surface area contributed by atoms with Gasteiger partial charge in [-0.15, -0.1) is 0 Å². The van der Waals surface area contributed by atoms with Gasteiger partial charge in [-0.25, -0.2) is 4.98 Å². The van der Waals surface area contributed by atoms with Gasteiger partial charge < -0.3 is 12.8 Å². The summed E-state index contributed by atoms with van der Waals surface area (Å²) in [6.07, 6.45) is 1.65. The van der Waals surface area contributed by atoms with Gasteiger partial charge in [-0.05, 0) is 26.0 Å². The molecule has 0 aliphatic heterocycles. The zero-order chi connectivity index (χ0) is 15.0. The van der Waals surface area contributed by atoms with E-state index in [4.69, 9.17) is 0 Å². The maximum absolute atomic E-state index is 12.4. The molecule has 1 atom stereocenters. The molecule has 3 aromatic rings. The standard InChI is InChI=1S/C15H15N3O2S.2Na.2H/c1-9-7-16-13(10(2)14(9)19)8-21(20)15-17-11-5-3-4-6-12(11)18-15;;;;/h3-7H,8H2,1-2H3,(H,16,19)(H,17,18);;;;/q;2*+1;2*-1. The SMILES string of the molecule is Cc1c[nH]c(CS(=O)c2nc3ccccc3[nH]2)c(C)c1=O.[H-].[H-].[Na+].[Na+]. The van der Waals surface area contributed by atoms with E-state index in [0.717, 1.165) is 11.0 Å². The Morgan fingerprint density at radius 1 is 1.22 bits per heavy atom. The summed E-state index contributed by atoms with van der Waals surface area (Å²) < 4.78 is 12.4. The average Bonchev–Trinajstić information content (AvgIpc) is 2.92. The molecule has 5 nitrogen and oxygen atoms in total. The van der Waals surface area contributed by atoms with Crippen molar-refractivity contribution in [3.63, 3.8) is 0 Å². The van der Waals surface area contributed by atoms with Crippen LogP contribution in [0.25, 0.3) is 11.0 Å². The van der Waals surface area contributed by atoms with Crippen molar-refractivity contribution in [2.24, 2.45) is 0 Å². The molecule has 2 heterocycles. The summed E-state index contributed by atoms with van der Waals surface area (Å²) >= 11 is 0. The van der Waals surface area contributed by atoms with Crippen molar-refractivity contribution >= 4 is 21.8 Å². The fourth-order valence-corrected chi connectivity index (χ4v) is 3.31. The Kier molecular flexibility index (Phi) is 7.93. The molecule has 0 aliphatic carbocycles. The van der Waals surface area contributed by atoms with E-state index in [-0.39, 0.29) is 73.1 Å². The topological polar surface area (TPSA) is 78.6 Å². The number of nitrogens with one attached hydrogen (secondary N) is 2. The summed E-state index contributed by atoms with van der Waals surface area (Å²) in [6, 6.07) is 7.54. The van der Waals surface area contributed by atoms with E-state index in [1.807, 2.05) is 24.3 Å². The van der Waals surface area contributed by atoms with Crippen LogP contribution in [0.15, 0.2) is 40.4 Å². The van der Waals surface area contributed by atoms with Crippen LogP contribution in [0.5, 0.6) is 0 Å². The predicted octanol–water partition coefficient (Wildman–Crippen LogP) is -3.59. The minimum atomic E-state index is -1.33. The van der Waals surface area contributed by atoms with Crippen LogP contribution in [0.4, 0.5) is 0 Å². The first kappa shape index (κ1) is 20.8. The predicted molar refractivity (Wildman–Crippen MR) is 85.0 cm³/mol. The third kappa shape index (κ3) is 4.45. The Labute approximate surface area is 183 Å². The van der Waals surface area contributed by atoms with E-state index in [9.17, 15) is 9.00 Å². The van der Waals surface area contributed by atoms with Crippen molar-refractivity contribution in [3.8, 4) is 0 Å². The minimum absolute atomic E-state index is 0. The number of nitrogens with zero attached hydrogens (tertiary/aromatic N) is 1. The van der Waals surface area contributed by atoms with Crippen LogP contribution in [0.1, 0.15) is 19.7 Å². The first-order chi connectivity index (χ1) is 10.1. The average molecular weight is 349 g/mol. The maximum Gasteiger partial charge on any atom is 1.00 e. The monoisotopic (exact) mass is 349 g/mol. The third-order valence-corrected chi connectivity index (χ3v) is 4.65. The molecule has 2 aromatic heterocycles. The fourth-order valence-electron chi connectivity index (χ4n) is 2.19. The number of fused-ring (bicyclic) bond motifs is 1. The van der Waals surface area contributed by atoms with Crippen LogP contribution in [-0.4, -0.2) is 19.2 Å². The van der Waals surface area contributed by atoms with Crippen LogP contribution in [0.3, 0.4) is 0 Å². The Morgan fingerprint density at radius 2 is 1.91 bits per heavy atom. The van der Waals surface area contributed by atoms with E-state index in [0.29, 0.717) is 22.0 Å². The molecular formula is C15H17N3Na2O2S. The number of H-pyrrole nitrogens is 2. The van der Waals surface area contributed by atoms with E-state index >= 15 is 0 Å². The van der Waals surface area contributed by atoms with E-state index in [2.05, 4.69) is 15.0 Å². The molecule has 0 aliphatic rings. The summed E-state index contributed by atoms with van der Waals surface area (Å²) in [6.45, 7) is 3.50. The van der Waals surface area contributed by atoms with Crippen molar-refractivity contribution in [2.75, 3.05) is 0 Å². The normalized spacial score (nSPS) is 11.6. The van der Waals surface area contributed by atoms with Gasteiger partial charge >= 0.3 is 59.1 Å². The largest absolute Gasteiger partial charge is 1.00 e. The van der Waals surface area contributed by atoms with Gasteiger partial charge in [0.1, 0.15) is 0 Å². The van der Waals surface area contributed by atoms with Gasteiger partial charge in [0.2, 0.25) is 0 Å². The molecule has 0 fully saturated rings. The molecule has 112 valence electrons. The first-order valence-electron chi connectivity index (χ1n) is 6.57. The molecule has 1 aromatic carbocycles. The van der Waals surface area contributed by atoms with Crippen molar-refractivity contribution in [2.45, 2.75) is 24.8 Å². The molecule has 0 spiro atoms. The molecule has 0 bridgehead atoms. The van der Waals surface area contributed by atoms with Crippen molar-refractivity contribution in [3.05, 3.63) is 57.5 Å². The van der Waals surface area contributed by atoms with Gasteiger partial charge in [-0.1, -0.05) is 12.1 Å². The number of imidazole rings is 1. The fraction of sp³-hybridized carbons (Fsp3) is 0.200. The Morgan fingerprint density at radius 3 is 2.61 bits per heavy atom. The Hall–Kier alpha value is -0.210. The smallest absolute Gasteiger partial charge is 1.00 e. The summed E-state index contributed by atoms with van der Waals surface area (Å²) in [5, 5.41) is 0.428. The van der Waals surface area contributed by atoms with Crippen LogP contribution < -0.4 is 64.5 Å². The third-order valence-electron chi connectivity index (χ3n) is 3.47. The van der Waals surface area contributed by atoms with E-state index < -0.39 is 10.8 Å². The van der Waals surface area contributed by atoms with Crippen molar-refractivity contribution in [1.82, 2.24) is 15.0 Å². The molecule has 2 N–H and O–H groups in total. The van der Waals surface area contributed by atoms with Gasteiger partial charge in [-0.2, -0.15) is 0 Å².